The Morgan fingerprint density at radius 3 is 2.47 bits per heavy atom. The Morgan fingerprint density at radius 1 is 1.11 bits per heavy atom. The van der Waals surface area contributed by atoms with Crippen LogP contribution in [0.15, 0.2) is 36.4 Å². The van der Waals surface area contributed by atoms with Gasteiger partial charge in [0.25, 0.3) is 0 Å². The van der Waals surface area contributed by atoms with Crippen molar-refractivity contribution in [3.63, 3.8) is 0 Å². The fraction of sp³-hybridized carbons (Fsp3) is 0.200. The number of halogens is 3. The molecule has 0 aromatic heterocycles. The van der Waals surface area contributed by atoms with Gasteiger partial charge in [-0.3, -0.25) is 0 Å². The SMILES string of the molecule is Cc1cc(NC(C)c2ccc(F)cc2Cl)ccc1F. The lowest BCUT2D eigenvalue weighted by Crippen LogP contribution is -2.07. The molecule has 100 valence electrons. The van der Waals surface area contributed by atoms with Crippen molar-refractivity contribution >= 4 is 17.3 Å². The average Bonchev–Trinajstić information content (AvgIpc) is 2.33. The second-order valence-electron chi connectivity index (χ2n) is 4.50. The van der Waals surface area contributed by atoms with Gasteiger partial charge in [-0.1, -0.05) is 17.7 Å². The molecule has 0 heterocycles. The Kier molecular flexibility index (Phi) is 4.05. The molecule has 0 saturated carbocycles. The molecule has 2 aromatic rings. The second-order valence-corrected chi connectivity index (χ2v) is 4.90. The van der Waals surface area contributed by atoms with Crippen molar-refractivity contribution in [1.29, 1.82) is 0 Å². The highest BCUT2D eigenvalue weighted by molar-refractivity contribution is 6.31. The van der Waals surface area contributed by atoms with E-state index in [9.17, 15) is 8.78 Å². The molecule has 0 amide bonds. The van der Waals surface area contributed by atoms with Gasteiger partial charge in [0.2, 0.25) is 0 Å². The molecular weight excluding hydrogens is 268 g/mol. The number of rotatable bonds is 3. The lowest BCUT2D eigenvalue weighted by atomic mass is 10.1. The normalized spacial score (nSPS) is 12.3. The van der Waals surface area contributed by atoms with Crippen LogP contribution in [0.2, 0.25) is 5.02 Å². The molecule has 0 aliphatic heterocycles. The molecule has 0 spiro atoms. The van der Waals surface area contributed by atoms with Crippen molar-refractivity contribution < 1.29 is 8.78 Å². The maximum absolute atomic E-state index is 13.2. The monoisotopic (exact) mass is 281 g/mol. The molecule has 0 radical (unpaired) electrons. The van der Waals surface area contributed by atoms with Crippen LogP contribution in [-0.4, -0.2) is 0 Å². The standard InChI is InChI=1S/C15H14ClF2N/c1-9-7-12(4-6-15(9)18)19-10(2)13-5-3-11(17)8-14(13)16/h3-8,10,19H,1-2H3. The van der Waals surface area contributed by atoms with Gasteiger partial charge in [-0.25, -0.2) is 8.78 Å². The van der Waals surface area contributed by atoms with Gasteiger partial charge in [0.15, 0.2) is 0 Å². The largest absolute Gasteiger partial charge is 0.378 e. The van der Waals surface area contributed by atoms with E-state index in [1.807, 2.05) is 6.92 Å². The smallest absolute Gasteiger partial charge is 0.126 e. The molecule has 0 aliphatic rings. The minimum Gasteiger partial charge on any atom is -0.378 e. The summed E-state index contributed by atoms with van der Waals surface area (Å²) in [6.45, 7) is 3.62. The Balaban J connectivity index is 2.20. The van der Waals surface area contributed by atoms with Crippen LogP contribution in [0.25, 0.3) is 0 Å². The highest BCUT2D eigenvalue weighted by Gasteiger charge is 2.10. The Labute approximate surface area is 116 Å². The van der Waals surface area contributed by atoms with Gasteiger partial charge in [-0.15, -0.1) is 0 Å². The number of hydrogen-bond acceptors (Lipinski definition) is 1. The third-order valence-electron chi connectivity index (χ3n) is 2.97. The van der Waals surface area contributed by atoms with Crippen LogP contribution in [-0.2, 0) is 0 Å². The fourth-order valence-electron chi connectivity index (χ4n) is 1.91. The Bertz CT molecular complexity index is 599. The first-order chi connectivity index (χ1) is 8.97. The number of hydrogen-bond donors (Lipinski definition) is 1. The topological polar surface area (TPSA) is 12.0 Å². The predicted octanol–water partition coefficient (Wildman–Crippen LogP) is 5.10. The van der Waals surface area contributed by atoms with E-state index in [0.29, 0.717) is 10.6 Å². The first kappa shape index (κ1) is 13.8. The molecule has 0 saturated heterocycles. The van der Waals surface area contributed by atoms with Crippen LogP contribution in [0, 0.1) is 18.6 Å². The molecule has 0 aliphatic carbocycles. The van der Waals surface area contributed by atoms with Crippen LogP contribution in [0.3, 0.4) is 0 Å². The van der Waals surface area contributed by atoms with Gasteiger partial charge >= 0.3 is 0 Å². The van der Waals surface area contributed by atoms with E-state index >= 15 is 0 Å². The van der Waals surface area contributed by atoms with Crippen LogP contribution in [0.4, 0.5) is 14.5 Å². The molecule has 1 N–H and O–H groups in total. The van der Waals surface area contributed by atoms with Gasteiger partial charge in [-0.05, 0) is 55.3 Å². The summed E-state index contributed by atoms with van der Waals surface area (Å²) in [6.07, 6.45) is 0. The van der Waals surface area contributed by atoms with Gasteiger partial charge < -0.3 is 5.32 Å². The highest BCUT2D eigenvalue weighted by atomic mass is 35.5. The van der Waals surface area contributed by atoms with Crippen molar-refractivity contribution in [2.45, 2.75) is 19.9 Å². The maximum atomic E-state index is 13.2. The Hall–Kier alpha value is -1.61. The summed E-state index contributed by atoms with van der Waals surface area (Å²) in [5.41, 5.74) is 2.17. The molecule has 1 nitrogen and oxygen atoms in total. The van der Waals surface area contributed by atoms with E-state index in [4.69, 9.17) is 11.6 Å². The van der Waals surface area contributed by atoms with E-state index in [-0.39, 0.29) is 17.7 Å². The predicted molar refractivity (Wildman–Crippen MR) is 74.6 cm³/mol. The fourth-order valence-corrected chi connectivity index (χ4v) is 2.25. The van der Waals surface area contributed by atoms with Gasteiger partial charge in [0, 0.05) is 16.8 Å². The third kappa shape index (κ3) is 3.24. The van der Waals surface area contributed by atoms with E-state index in [2.05, 4.69) is 5.32 Å². The maximum Gasteiger partial charge on any atom is 0.126 e. The van der Waals surface area contributed by atoms with Crippen LogP contribution in [0.1, 0.15) is 24.1 Å². The zero-order valence-corrected chi connectivity index (χ0v) is 11.4. The quantitative estimate of drug-likeness (QED) is 0.825. The van der Waals surface area contributed by atoms with E-state index in [0.717, 1.165) is 11.3 Å². The van der Waals surface area contributed by atoms with E-state index in [1.54, 1.807) is 25.1 Å². The Morgan fingerprint density at radius 2 is 1.84 bits per heavy atom. The number of anilines is 1. The number of aryl methyl sites for hydroxylation is 1. The molecule has 2 aromatic carbocycles. The first-order valence-corrected chi connectivity index (χ1v) is 6.33. The molecule has 0 bridgehead atoms. The minimum absolute atomic E-state index is 0.0991. The molecule has 1 atom stereocenters. The molecule has 0 fully saturated rings. The van der Waals surface area contributed by atoms with E-state index in [1.165, 1.54) is 18.2 Å². The lowest BCUT2D eigenvalue weighted by molar-refractivity contribution is 0.618. The number of nitrogens with one attached hydrogen (secondary N) is 1. The van der Waals surface area contributed by atoms with Crippen LogP contribution >= 0.6 is 11.6 Å². The summed E-state index contributed by atoms with van der Waals surface area (Å²) < 4.78 is 26.2. The van der Waals surface area contributed by atoms with Crippen molar-refractivity contribution in [2.24, 2.45) is 0 Å². The van der Waals surface area contributed by atoms with Gasteiger partial charge in [-0.2, -0.15) is 0 Å². The summed E-state index contributed by atoms with van der Waals surface area (Å²) in [7, 11) is 0. The second kappa shape index (κ2) is 5.57. The highest BCUT2D eigenvalue weighted by Crippen LogP contribution is 2.27. The van der Waals surface area contributed by atoms with Crippen molar-refractivity contribution in [3.8, 4) is 0 Å². The third-order valence-corrected chi connectivity index (χ3v) is 3.30. The van der Waals surface area contributed by atoms with E-state index < -0.39 is 0 Å². The summed E-state index contributed by atoms with van der Waals surface area (Å²) in [5, 5.41) is 3.59. The number of benzene rings is 2. The van der Waals surface area contributed by atoms with Crippen molar-refractivity contribution in [2.75, 3.05) is 5.32 Å². The van der Waals surface area contributed by atoms with Gasteiger partial charge in [0.1, 0.15) is 11.6 Å². The summed E-state index contributed by atoms with van der Waals surface area (Å²) in [4.78, 5) is 0. The van der Waals surface area contributed by atoms with Crippen molar-refractivity contribution in [3.05, 3.63) is 64.2 Å². The lowest BCUT2D eigenvalue weighted by Gasteiger charge is -2.17. The summed E-state index contributed by atoms with van der Waals surface area (Å²) in [5.74, 6) is -0.600. The van der Waals surface area contributed by atoms with Crippen molar-refractivity contribution in [1.82, 2.24) is 0 Å². The molecule has 2 rings (SSSR count). The zero-order chi connectivity index (χ0) is 14.0. The molecule has 19 heavy (non-hydrogen) atoms. The minimum atomic E-state index is -0.362. The summed E-state index contributed by atoms with van der Waals surface area (Å²) >= 11 is 6.01. The zero-order valence-electron chi connectivity index (χ0n) is 10.7. The summed E-state index contributed by atoms with van der Waals surface area (Å²) in [6, 6.07) is 9.00. The average molecular weight is 282 g/mol. The van der Waals surface area contributed by atoms with Crippen LogP contribution in [0.5, 0.6) is 0 Å². The van der Waals surface area contributed by atoms with Gasteiger partial charge in [0.05, 0.1) is 0 Å². The molecule has 4 heteroatoms. The molecule has 1 unspecified atom stereocenters. The first-order valence-electron chi connectivity index (χ1n) is 5.95. The molecular formula is C15H14ClF2N. The van der Waals surface area contributed by atoms with Crippen LogP contribution < -0.4 is 5.32 Å².